The lowest BCUT2D eigenvalue weighted by Crippen LogP contribution is -2.90. The van der Waals surface area contributed by atoms with Gasteiger partial charge < -0.3 is 49.6 Å². The van der Waals surface area contributed by atoms with Crippen molar-refractivity contribution in [3.8, 4) is 5.75 Å². The maximum atomic E-state index is 13.0. The minimum Gasteiger partial charge on any atom is -0.496 e. The molecule has 66 heavy (non-hydrogen) atoms. The van der Waals surface area contributed by atoms with Gasteiger partial charge in [0.15, 0.2) is 12.1 Å². The molecule has 1 aromatic rings. The highest BCUT2D eigenvalue weighted by molar-refractivity contribution is 5.91. The van der Waals surface area contributed by atoms with Crippen LogP contribution in [-0.2, 0) is 38.1 Å². The summed E-state index contributed by atoms with van der Waals surface area (Å²) in [6.07, 6.45) is 20.2. The molecule has 368 valence electrons. The largest absolute Gasteiger partial charge is 0.496 e. The van der Waals surface area contributed by atoms with Crippen LogP contribution in [0.2, 0.25) is 0 Å². The van der Waals surface area contributed by atoms with Crippen LogP contribution in [0.5, 0.6) is 5.75 Å². The molecule has 3 amide bonds. The number of aryl methyl sites for hydroxylation is 3. The first-order valence-electron chi connectivity index (χ1n) is 24.3. The summed E-state index contributed by atoms with van der Waals surface area (Å²) in [6.45, 7) is 15.0. The molecule has 6 aliphatic rings. The van der Waals surface area contributed by atoms with Gasteiger partial charge in [0.1, 0.15) is 48.7 Å². The Morgan fingerprint density at radius 3 is 1.70 bits per heavy atom. The normalized spacial score (nSPS) is 22.2. The van der Waals surface area contributed by atoms with Gasteiger partial charge in [0.05, 0.1) is 20.1 Å². The van der Waals surface area contributed by atoms with Crippen molar-refractivity contribution in [3.63, 3.8) is 0 Å². The third kappa shape index (κ3) is 17.6. The number of methoxy groups -OCH3 is 1. The van der Waals surface area contributed by atoms with Crippen LogP contribution in [-0.4, -0.2) is 115 Å². The molecule has 4 unspecified atom stereocenters. The van der Waals surface area contributed by atoms with Crippen molar-refractivity contribution in [2.45, 2.75) is 198 Å². The lowest BCUT2D eigenvalue weighted by molar-refractivity contribution is -0.667. The average molecular weight is 926 g/mol. The van der Waals surface area contributed by atoms with Gasteiger partial charge in [0.25, 0.3) is 0 Å². The number of ether oxygens (including phenoxy) is 5. The summed E-state index contributed by atoms with van der Waals surface area (Å²) < 4.78 is 25.9. The number of hydrogen-bond donors (Lipinski definition) is 4. The van der Waals surface area contributed by atoms with Crippen molar-refractivity contribution in [1.82, 2.24) is 15.5 Å². The fourth-order valence-corrected chi connectivity index (χ4v) is 9.42. The van der Waals surface area contributed by atoms with Crippen LogP contribution >= 0.6 is 0 Å². The topological polar surface area (TPSA) is 213 Å². The summed E-state index contributed by atoms with van der Waals surface area (Å²) >= 11 is 0. The second kappa shape index (κ2) is 28.1. The molecule has 0 aromatic heterocycles. The van der Waals surface area contributed by atoms with Gasteiger partial charge in [-0.05, 0) is 122 Å². The molecule has 4 saturated heterocycles. The first-order chi connectivity index (χ1) is 31.7. The van der Waals surface area contributed by atoms with Crippen molar-refractivity contribution in [1.29, 1.82) is 0 Å². The van der Waals surface area contributed by atoms with E-state index >= 15 is 0 Å². The molecule has 0 spiro atoms. The SMILES string of the molecule is C=CCCCCC[C@H](NC(=O)OC1CCCC1)C(=O)N1CC2CC1C(=O)O2.C=CCCCCC[C@H](NC(=O)OC1CCCC1)C(=O)O.COc1c(C)cc(C)cc1C.O=C1OC2C[NH2+]C1C2. The highest BCUT2D eigenvalue weighted by Gasteiger charge is 2.50. The number of rotatable bonds is 19. The molecule has 7 rings (SSSR count). The molecule has 4 heterocycles. The molecule has 2 aliphatic carbocycles. The summed E-state index contributed by atoms with van der Waals surface area (Å²) in [7, 11) is 1.71. The van der Waals surface area contributed by atoms with Gasteiger partial charge in [-0.2, -0.15) is 0 Å². The number of nitrogens with two attached hydrogens (primary N) is 1. The molecule has 4 bridgehead atoms. The van der Waals surface area contributed by atoms with Crippen LogP contribution in [0.4, 0.5) is 9.59 Å². The van der Waals surface area contributed by atoms with E-state index in [2.05, 4.69) is 62.0 Å². The fourth-order valence-electron chi connectivity index (χ4n) is 9.42. The Balaban J connectivity index is 0.000000212. The number of carboxylic acid groups (broad SMARTS) is 1. The average Bonchev–Trinajstić information content (AvgIpc) is 4.15. The number of nitrogens with one attached hydrogen (secondary N) is 2. The van der Waals surface area contributed by atoms with Gasteiger partial charge in [0.2, 0.25) is 5.91 Å². The molecule has 16 heteroatoms. The molecule has 0 radical (unpaired) electrons. The predicted octanol–water partition coefficient (Wildman–Crippen LogP) is 6.80. The molecule has 4 aliphatic heterocycles. The molecule has 16 nitrogen and oxygen atoms in total. The second-order valence-electron chi connectivity index (χ2n) is 18.3. The van der Waals surface area contributed by atoms with E-state index in [0.29, 0.717) is 25.8 Å². The second-order valence-corrected chi connectivity index (χ2v) is 18.3. The minimum atomic E-state index is -1.00. The van der Waals surface area contributed by atoms with Crippen molar-refractivity contribution in [2.24, 2.45) is 0 Å². The van der Waals surface area contributed by atoms with E-state index in [-0.39, 0.29) is 48.3 Å². The molecule has 2 saturated carbocycles. The van der Waals surface area contributed by atoms with Gasteiger partial charge in [0, 0.05) is 6.42 Å². The van der Waals surface area contributed by atoms with Gasteiger partial charge >= 0.3 is 30.1 Å². The Morgan fingerprint density at radius 2 is 1.29 bits per heavy atom. The number of nitrogens with zero attached hydrogens (tertiary/aromatic N) is 1. The zero-order chi connectivity index (χ0) is 48.0. The lowest BCUT2D eigenvalue weighted by Gasteiger charge is -2.30. The van der Waals surface area contributed by atoms with E-state index in [0.717, 1.165) is 121 Å². The van der Waals surface area contributed by atoms with Crippen molar-refractivity contribution >= 4 is 36.0 Å². The summed E-state index contributed by atoms with van der Waals surface area (Å²) in [6, 6.07) is 2.40. The number of benzene rings is 1. The number of unbranched alkanes of at least 4 members (excludes halogenated alkanes) is 6. The monoisotopic (exact) mass is 926 g/mol. The fraction of sp³-hybridized carbons (Fsp3) is 0.680. The van der Waals surface area contributed by atoms with E-state index in [9.17, 15) is 28.8 Å². The van der Waals surface area contributed by atoms with E-state index < -0.39 is 36.3 Å². The van der Waals surface area contributed by atoms with Crippen LogP contribution in [0.1, 0.15) is 145 Å². The number of hydrogen-bond acceptors (Lipinski definition) is 11. The Bertz CT molecular complexity index is 1750. The number of alkyl carbamates (subject to hydrolysis) is 2. The van der Waals surface area contributed by atoms with Crippen LogP contribution < -0.4 is 20.7 Å². The number of aliphatic carboxylic acids is 1. The number of carbonyl (C=O) groups is 6. The first-order valence-corrected chi connectivity index (χ1v) is 24.3. The highest BCUT2D eigenvalue weighted by atomic mass is 16.6. The predicted molar refractivity (Wildman–Crippen MR) is 248 cm³/mol. The molecule has 6 fully saturated rings. The van der Waals surface area contributed by atoms with Gasteiger partial charge in [-0.25, -0.2) is 24.0 Å². The number of likely N-dealkylation sites (tertiary alicyclic amines) is 1. The number of carbonyl (C=O) groups excluding carboxylic acids is 5. The van der Waals surface area contributed by atoms with Gasteiger partial charge in [-0.15, -0.1) is 13.2 Å². The Morgan fingerprint density at radius 1 is 0.773 bits per heavy atom. The Hall–Kier alpha value is -5.12. The zero-order valence-corrected chi connectivity index (χ0v) is 39.9. The Labute approximate surface area is 391 Å². The smallest absolute Gasteiger partial charge is 0.408 e. The summed E-state index contributed by atoms with van der Waals surface area (Å²) in [5.41, 5.74) is 3.72. The number of allylic oxidation sites excluding steroid dienone is 2. The first kappa shape index (κ1) is 53.5. The van der Waals surface area contributed by atoms with E-state index in [4.69, 9.17) is 28.8 Å². The van der Waals surface area contributed by atoms with Crippen molar-refractivity contribution in [3.05, 3.63) is 54.1 Å². The van der Waals surface area contributed by atoms with Crippen molar-refractivity contribution in [2.75, 3.05) is 20.2 Å². The number of esters is 2. The summed E-state index contributed by atoms with van der Waals surface area (Å²) in [4.78, 5) is 72.0. The van der Waals surface area contributed by atoms with Crippen LogP contribution in [0.15, 0.2) is 37.4 Å². The maximum Gasteiger partial charge on any atom is 0.408 e. The molecule has 1 aromatic carbocycles. The number of quaternary nitrogens is 1. The van der Waals surface area contributed by atoms with E-state index in [1.807, 2.05) is 12.2 Å². The third-order valence-corrected chi connectivity index (χ3v) is 12.8. The quantitative estimate of drug-likeness (QED) is 0.0489. The minimum absolute atomic E-state index is 0.0127. The molecular formula is C50H77N4O12+. The highest BCUT2D eigenvalue weighted by Crippen LogP contribution is 2.30. The standard InChI is InChI=1S/C20H30N2O5.C15H25NO4.C10H14O.C5H7NO2/c1-2-3-4-5-6-11-16(21-20(25)27-14-9-7-8-10-14)18(23)22-13-15-12-17(22)19(24)26-15;1-2-3-4-5-6-11-13(14(17)18)16-15(19)20-12-9-7-8-10-12;1-7-5-8(2)10(11-4)9(3)6-7;7-5-4-1-3(8-5)2-6-4/h2,14-17H,1,3-13H2,(H,21,25);2,12-13H,1,3-11H2,(H,16,19)(H,17,18);5-6H,1-4H3;3-4,6H,1-2H2/p+1/t15?,16-,17?;13-;;/m00../s1. The zero-order valence-electron chi connectivity index (χ0n) is 39.9. The molecular weight excluding hydrogens is 849 g/mol. The van der Waals surface area contributed by atoms with Gasteiger partial charge in [-0.1, -0.05) is 55.5 Å². The summed E-state index contributed by atoms with van der Waals surface area (Å²) in [5.74, 6) is -0.543. The lowest BCUT2D eigenvalue weighted by atomic mass is 10.1. The number of amides is 3. The van der Waals surface area contributed by atoms with E-state index in [1.54, 1.807) is 12.0 Å². The van der Waals surface area contributed by atoms with Crippen LogP contribution in [0, 0.1) is 20.8 Å². The Kier molecular flexibility index (Phi) is 22.8. The van der Waals surface area contributed by atoms with Crippen LogP contribution in [0.3, 0.4) is 0 Å². The van der Waals surface area contributed by atoms with Gasteiger partial charge in [-0.3, -0.25) is 4.79 Å². The maximum absolute atomic E-state index is 13.0. The molecule has 6 atom stereocenters. The third-order valence-electron chi connectivity index (χ3n) is 12.8. The van der Waals surface area contributed by atoms with E-state index in [1.165, 1.54) is 16.7 Å². The number of fused-ring (bicyclic) bond motifs is 4. The summed E-state index contributed by atoms with van der Waals surface area (Å²) in [5, 5.41) is 16.4. The number of morpholine rings is 2. The van der Waals surface area contributed by atoms with Crippen molar-refractivity contribution < 1.29 is 62.9 Å². The van der Waals surface area contributed by atoms with Crippen LogP contribution in [0.25, 0.3) is 0 Å². The molecule has 5 N–H and O–H groups in total. The number of carboxylic acids is 1.